The number of unbranched alkanes of at least 4 members (excludes halogenated alkanes) is 1. The third-order valence-electron chi connectivity index (χ3n) is 2.37. The third kappa shape index (κ3) is 8.08. The zero-order chi connectivity index (χ0) is 12.4. The second-order valence-corrected chi connectivity index (χ2v) is 3.99. The molecule has 0 aromatic carbocycles. The molecule has 0 aliphatic rings. The van der Waals surface area contributed by atoms with Crippen molar-refractivity contribution < 1.29 is 4.79 Å². The van der Waals surface area contributed by atoms with Gasteiger partial charge in [-0.25, -0.2) is 0 Å². The van der Waals surface area contributed by atoms with Crippen LogP contribution in [0.2, 0.25) is 0 Å². The van der Waals surface area contributed by atoms with Gasteiger partial charge in [-0.2, -0.15) is 0 Å². The van der Waals surface area contributed by atoms with Crippen LogP contribution in [-0.4, -0.2) is 25.0 Å². The number of hydrogen-bond donors (Lipinski definition) is 3. The number of rotatable bonds is 8. The lowest BCUT2D eigenvalue weighted by Gasteiger charge is -2.10. The van der Waals surface area contributed by atoms with Crippen LogP contribution in [0.5, 0.6) is 0 Å². The Kier molecular flexibility index (Phi) is 8.29. The molecular weight excluding hydrogens is 204 g/mol. The van der Waals surface area contributed by atoms with Gasteiger partial charge in [0.15, 0.2) is 5.96 Å². The first kappa shape index (κ1) is 14.7. The molecule has 5 nitrogen and oxygen atoms in total. The summed E-state index contributed by atoms with van der Waals surface area (Å²) in [6.45, 7) is 5.39. The highest BCUT2D eigenvalue weighted by molar-refractivity contribution is 5.78. The molecule has 0 radical (unpaired) electrons. The van der Waals surface area contributed by atoms with Crippen molar-refractivity contribution in [2.75, 3.05) is 13.1 Å². The summed E-state index contributed by atoms with van der Waals surface area (Å²) in [4.78, 5) is 15.4. The van der Waals surface area contributed by atoms with Crippen molar-refractivity contribution in [1.29, 1.82) is 0 Å². The number of hydrogen-bond acceptors (Lipinski definition) is 2. The van der Waals surface area contributed by atoms with E-state index < -0.39 is 0 Å². The molecule has 0 spiro atoms. The van der Waals surface area contributed by atoms with E-state index in [1.807, 2.05) is 6.92 Å². The number of aliphatic imine (C=N–C) groups is 1. The van der Waals surface area contributed by atoms with E-state index >= 15 is 0 Å². The number of nitrogens with zero attached hydrogens (tertiary/aromatic N) is 1. The van der Waals surface area contributed by atoms with Crippen molar-refractivity contribution in [3.63, 3.8) is 0 Å². The summed E-state index contributed by atoms with van der Waals surface area (Å²) >= 11 is 0. The second kappa shape index (κ2) is 9.00. The SMILES string of the molecule is CCCCNC(=O)[C@@H](C)CCCN=C(N)N. The molecule has 0 saturated carbocycles. The molecule has 0 rings (SSSR count). The van der Waals surface area contributed by atoms with Gasteiger partial charge in [0.05, 0.1) is 0 Å². The minimum Gasteiger partial charge on any atom is -0.370 e. The molecule has 5 heteroatoms. The average molecular weight is 228 g/mol. The van der Waals surface area contributed by atoms with Gasteiger partial charge >= 0.3 is 0 Å². The molecular formula is C11H24N4O. The first-order chi connectivity index (χ1) is 7.57. The molecule has 0 saturated heterocycles. The van der Waals surface area contributed by atoms with E-state index in [4.69, 9.17) is 11.5 Å². The van der Waals surface area contributed by atoms with E-state index in [2.05, 4.69) is 17.2 Å². The lowest BCUT2D eigenvalue weighted by Crippen LogP contribution is -2.30. The summed E-state index contributed by atoms with van der Waals surface area (Å²) in [5, 5.41) is 2.91. The molecule has 0 unspecified atom stereocenters. The monoisotopic (exact) mass is 228 g/mol. The summed E-state index contributed by atoms with van der Waals surface area (Å²) < 4.78 is 0. The van der Waals surface area contributed by atoms with Crippen LogP contribution in [0.1, 0.15) is 39.5 Å². The molecule has 1 amide bonds. The molecule has 0 bridgehead atoms. The Morgan fingerprint density at radius 3 is 2.62 bits per heavy atom. The lowest BCUT2D eigenvalue weighted by atomic mass is 10.0. The van der Waals surface area contributed by atoms with E-state index in [1.54, 1.807) is 0 Å². The Labute approximate surface area is 97.7 Å². The molecule has 0 aliphatic carbocycles. The van der Waals surface area contributed by atoms with Gasteiger partial charge in [0.25, 0.3) is 0 Å². The van der Waals surface area contributed by atoms with Crippen LogP contribution in [-0.2, 0) is 4.79 Å². The van der Waals surface area contributed by atoms with E-state index in [9.17, 15) is 4.79 Å². The highest BCUT2D eigenvalue weighted by atomic mass is 16.1. The van der Waals surface area contributed by atoms with Gasteiger partial charge in [-0.1, -0.05) is 20.3 Å². The van der Waals surface area contributed by atoms with Crippen LogP contribution in [0.25, 0.3) is 0 Å². The number of amides is 1. The minimum atomic E-state index is 0.0334. The number of nitrogens with two attached hydrogens (primary N) is 2. The topological polar surface area (TPSA) is 93.5 Å². The number of nitrogens with one attached hydrogen (secondary N) is 1. The predicted molar refractivity (Wildman–Crippen MR) is 67.0 cm³/mol. The summed E-state index contributed by atoms with van der Waals surface area (Å²) in [5.74, 6) is 0.268. The van der Waals surface area contributed by atoms with E-state index in [-0.39, 0.29) is 17.8 Å². The third-order valence-corrected chi connectivity index (χ3v) is 2.37. The highest BCUT2D eigenvalue weighted by Gasteiger charge is 2.10. The van der Waals surface area contributed by atoms with Crippen molar-refractivity contribution in [2.45, 2.75) is 39.5 Å². The number of carbonyl (C=O) groups is 1. The molecule has 0 aromatic rings. The number of carbonyl (C=O) groups excluding carboxylic acids is 1. The Balaban J connectivity index is 3.59. The van der Waals surface area contributed by atoms with Gasteiger partial charge in [0.2, 0.25) is 5.91 Å². The van der Waals surface area contributed by atoms with Crippen LogP contribution in [0.4, 0.5) is 0 Å². The van der Waals surface area contributed by atoms with Gasteiger partial charge in [0, 0.05) is 19.0 Å². The smallest absolute Gasteiger partial charge is 0.222 e. The van der Waals surface area contributed by atoms with Crippen molar-refractivity contribution in [3.8, 4) is 0 Å². The maximum Gasteiger partial charge on any atom is 0.222 e. The Morgan fingerprint density at radius 2 is 2.06 bits per heavy atom. The quantitative estimate of drug-likeness (QED) is 0.322. The Bertz CT molecular complexity index is 224. The second-order valence-electron chi connectivity index (χ2n) is 3.99. The molecule has 5 N–H and O–H groups in total. The van der Waals surface area contributed by atoms with Crippen LogP contribution in [0.15, 0.2) is 4.99 Å². The number of guanidine groups is 1. The Hall–Kier alpha value is -1.26. The van der Waals surface area contributed by atoms with Gasteiger partial charge < -0.3 is 16.8 Å². The summed E-state index contributed by atoms with van der Waals surface area (Å²) in [5.41, 5.74) is 10.4. The van der Waals surface area contributed by atoms with Crippen molar-refractivity contribution >= 4 is 11.9 Å². The largest absolute Gasteiger partial charge is 0.370 e. The van der Waals surface area contributed by atoms with Crippen LogP contribution in [0.3, 0.4) is 0 Å². The first-order valence-electron chi connectivity index (χ1n) is 5.91. The summed E-state index contributed by atoms with van der Waals surface area (Å²) in [6, 6.07) is 0. The maximum atomic E-state index is 11.5. The van der Waals surface area contributed by atoms with E-state index in [0.29, 0.717) is 6.54 Å². The fraction of sp³-hybridized carbons (Fsp3) is 0.818. The van der Waals surface area contributed by atoms with E-state index in [0.717, 1.165) is 32.2 Å². The van der Waals surface area contributed by atoms with Gasteiger partial charge in [0.1, 0.15) is 0 Å². The molecule has 94 valence electrons. The van der Waals surface area contributed by atoms with Crippen molar-refractivity contribution in [1.82, 2.24) is 5.32 Å². The van der Waals surface area contributed by atoms with Gasteiger partial charge in [-0.3, -0.25) is 9.79 Å². The van der Waals surface area contributed by atoms with Crippen LogP contribution >= 0.6 is 0 Å². The van der Waals surface area contributed by atoms with E-state index in [1.165, 1.54) is 0 Å². The van der Waals surface area contributed by atoms with Gasteiger partial charge in [-0.05, 0) is 19.3 Å². The summed E-state index contributed by atoms with van der Waals surface area (Å²) in [7, 11) is 0. The van der Waals surface area contributed by atoms with Gasteiger partial charge in [-0.15, -0.1) is 0 Å². The first-order valence-corrected chi connectivity index (χ1v) is 5.91. The lowest BCUT2D eigenvalue weighted by molar-refractivity contribution is -0.124. The molecule has 0 aliphatic heterocycles. The summed E-state index contributed by atoms with van der Waals surface area (Å²) in [6.07, 6.45) is 3.78. The van der Waals surface area contributed by atoms with Crippen LogP contribution in [0, 0.1) is 5.92 Å². The predicted octanol–water partition coefficient (Wildman–Crippen LogP) is 0.592. The average Bonchev–Trinajstić information content (AvgIpc) is 2.24. The molecule has 0 heterocycles. The molecule has 16 heavy (non-hydrogen) atoms. The van der Waals surface area contributed by atoms with Crippen LogP contribution < -0.4 is 16.8 Å². The fourth-order valence-corrected chi connectivity index (χ4v) is 1.30. The Morgan fingerprint density at radius 1 is 1.38 bits per heavy atom. The fourth-order valence-electron chi connectivity index (χ4n) is 1.30. The normalized spacial score (nSPS) is 11.9. The molecule has 1 atom stereocenters. The molecule has 0 aromatic heterocycles. The standard InChI is InChI=1S/C11H24N4O/c1-3-4-7-14-10(16)9(2)6-5-8-15-11(12)13/h9H,3-8H2,1-2H3,(H,14,16)(H4,12,13,15)/t9-/m0/s1. The van der Waals surface area contributed by atoms with Crippen molar-refractivity contribution in [2.24, 2.45) is 22.4 Å². The zero-order valence-electron chi connectivity index (χ0n) is 10.3. The highest BCUT2D eigenvalue weighted by Crippen LogP contribution is 2.05. The zero-order valence-corrected chi connectivity index (χ0v) is 10.3. The minimum absolute atomic E-state index is 0.0334. The molecule has 0 fully saturated rings. The van der Waals surface area contributed by atoms with Crippen molar-refractivity contribution in [3.05, 3.63) is 0 Å². The maximum absolute atomic E-state index is 11.5.